The number of aryl methyl sites for hydroxylation is 1. The third-order valence-corrected chi connectivity index (χ3v) is 2.69. The summed E-state index contributed by atoms with van der Waals surface area (Å²) in [5.74, 6) is -0.214. The van der Waals surface area contributed by atoms with Crippen LogP contribution in [-0.4, -0.2) is 23.4 Å². The largest absolute Gasteiger partial charge is 0.318 e. The minimum Gasteiger partial charge on any atom is -0.318 e. The van der Waals surface area contributed by atoms with Gasteiger partial charge in [0.05, 0.1) is 12.2 Å². The van der Waals surface area contributed by atoms with Crippen LogP contribution in [0, 0.1) is 12.7 Å². The molecule has 0 aliphatic rings. The monoisotopic (exact) mass is 233 g/mol. The molecule has 4 heteroatoms. The van der Waals surface area contributed by atoms with Crippen molar-refractivity contribution in [2.45, 2.75) is 13.5 Å². The Morgan fingerprint density at radius 3 is 2.65 bits per heavy atom. The summed E-state index contributed by atoms with van der Waals surface area (Å²) >= 11 is 0. The molecule has 17 heavy (non-hydrogen) atoms. The van der Waals surface area contributed by atoms with Crippen LogP contribution in [-0.2, 0) is 6.54 Å². The van der Waals surface area contributed by atoms with Crippen LogP contribution in [0.25, 0.3) is 11.1 Å². The van der Waals surface area contributed by atoms with Crippen LogP contribution in [0.2, 0.25) is 0 Å². The molecule has 0 aliphatic carbocycles. The smallest absolute Gasteiger partial charge is 0.123 e. The number of likely N-dealkylation sites (N-methyl/N-ethyl adjacent to an activating group) is 1. The number of halogens is 1. The Kier molecular flexibility index (Phi) is 3.54. The van der Waals surface area contributed by atoms with Crippen molar-refractivity contribution in [1.29, 1.82) is 0 Å². The molecule has 0 saturated heterocycles. The van der Waals surface area contributed by atoms with Crippen molar-refractivity contribution in [3.05, 3.63) is 42.0 Å². The van der Waals surface area contributed by atoms with Crippen molar-refractivity contribution in [2.24, 2.45) is 0 Å². The Bertz CT molecular complexity index is 488. The van der Waals surface area contributed by atoms with E-state index in [4.69, 9.17) is 0 Å². The fraction of sp³-hybridized carbons (Fsp3) is 0.308. The summed E-state index contributed by atoms with van der Waals surface area (Å²) in [5.41, 5.74) is 3.02. The lowest BCUT2D eigenvalue weighted by Gasteiger charge is -1.99. The van der Waals surface area contributed by atoms with Gasteiger partial charge in [0.2, 0.25) is 0 Å². The predicted octanol–water partition coefficient (Wildman–Crippen LogP) is 2.22. The molecule has 0 atom stereocenters. The van der Waals surface area contributed by atoms with Gasteiger partial charge in [-0.2, -0.15) is 5.10 Å². The molecule has 0 fully saturated rings. The topological polar surface area (TPSA) is 29.9 Å². The summed E-state index contributed by atoms with van der Waals surface area (Å²) < 4.78 is 14.8. The highest BCUT2D eigenvalue weighted by molar-refractivity contribution is 5.64. The molecule has 3 nitrogen and oxygen atoms in total. The number of nitrogens with zero attached hydrogens (tertiary/aromatic N) is 2. The molecule has 0 amide bonds. The number of rotatable bonds is 4. The summed E-state index contributed by atoms with van der Waals surface area (Å²) in [6, 6.07) is 6.50. The Labute approximate surface area is 100 Å². The number of benzene rings is 1. The second-order valence-corrected chi connectivity index (χ2v) is 4.00. The van der Waals surface area contributed by atoms with E-state index in [1.165, 1.54) is 12.1 Å². The summed E-state index contributed by atoms with van der Waals surface area (Å²) in [6.45, 7) is 3.68. The first-order valence-electron chi connectivity index (χ1n) is 5.65. The van der Waals surface area contributed by atoms with Crippen molar-refractivity contribution >= 4 is 0 Å². The van der Waals surface area contributed by atoms with Crippen LogP contribution < -0.4 is 5.32 Å². The lowest BCUT2D eigenvalue weighted by Crippen LogP contribution is -2.15. The molecule has 1 aromatic carbocycles. The van der Waals surface area contributed by atoms with Gasteiger partial charge in [0.25, 0.3) is 0 Å². The zero-order valence-electron chi connectivity index (χ0n) is 10.1. The number of hydrogen-bond acceptors (Lipinski definition) is 2. The van der Waals surface area contributed by atoms with E-state index in [1.807, 2.05) is 24.9 Å². The van der Waals surface area contributed by atoms with E-state index in [-0.39, 0.29) is 5.82 Å². The quantitative estimate of drug-likeness (QED) is 0.877. The standard InChI is InChI=1S/C13H16FN3/c1-10-13(9-17(16-10)8-7-15-2)11-3-5-12(14)6-4-11/h3-6,9,15H,7-8H2,1-2H3. The Hall–Kier alpha value is -1.68. The molecule has 0 spiro atoms. The molecular formula is C13H16FN3. The maximum atomic E-state index is 12.8. The van der Waals surface area contributed by atoms with Gasteiger partial charge in [-0.1, -0.05) is 12.1 Å². The van der Waals surface area contributed by atoms with Gasteiger partial charge >= 0.3 is 0 Å². The first-order valence-corrected chi connectivity index (χ1v) is 5.65. The second kappa shape index (κ2) is 5.10. The normalized spacial score (nSPS) is 10.8. The van der Waals surface area contributed by atoms with Crippen molar-refractivity contribution in [3.8, 4) is 11.1 Å². The summed E-state index contributed by atoms with van der Waals surface area (Å²) in [6.07, 6.45) is 2.00. The zero-order valence-corrected chi connectivity index (χ0v) is 10.1. The highest BCUT2D eigenvalue weighted by Gasteiger charge is 2.06. The van der Waals surface area contributed by atoms with E-state index in [0.29, 0.717) is 0 Å². The van der Waals surface area contributed by atoms with Gasteiger partial charge in [0.15, 0.2) is 0 Å². The van der Waals surface area contributed by atoms with Crippen molar-refractivity contribution < 1.29 is 4.39 Å². The van der Waals surface area contributed by atoms with Crippen LogP contribution in [0.15, 0.2) is 30.5 Å². The van der Waals surface area contributed by atoms with E-state index in [1.54, 1.807) is 12.1 Å². The second-order valence-electron chi connectivity index (χ2n) is 4.00. The number of aromatic nitrogens is 2. The molecule has 0 aliphatic heterocycles. The highest BCUT2D eigenvalue weighted by atomic mass is 19.1. The Balaban J connectivity index is 2.26. The van der Waals surface area contributed by atoms with Crippen molar-refractivity contribution in [1.82, 2.24) is 15.1 Å². The Morgan fingerprint density at radius 1 is 1.29 bits per heavy atom. The van der Waals surface area contributed by atoms with E-state index in [2.05, 4.69) is 10.4 Å². The first-order chi connectivity index (χ1) is 8.20. The van der Waals surface area contributed by atoms with Crippen LogP contribution in [0.5, 0.6) is 0 Å². The minimum absolute atomic E-state index is 0.214. The SMILES string of the molecule is CNCCn1cc(-c2ccc(F)cc2)c(C)n1. The lowest BCUT2D eigenvalue weighted by atomic mass is 10.1. The summed E-state index contributed by atoms with van der Waals surface area (Å²) in [7, 11) is 1.91. The maximum absolute atomic E-state index is 12.8. The molecular weight excluding hydrogens is 217 g/mol. The summed E-state index contributed by atoms with van der Waals surface area (Å²) in [5, 5.41) is 7.51. The minimum atomic E-state index is -0.214. The van der Waals surface area contributed by atoms with Crippen LogP contribution in [0.4, 0.5) is 4.39 Å². The summed E-state index contributed by atoms with van der Waals surface area (Å²) in [4.78, 5) is 0. The average Bonchev–Trinajstić information content (AvgIpc) is 2.69. The van der Waals surface area contributed by atoms with E-state index in [0.717, 1.165) is 29.9 Å². The molecule has 0 bridgehead atoms. The predicted molar refractivity (Wildman–Crippen MR) is 66.3 cm³/mol. The van der Waals surface area contributed by atoms with Gasteiger partial charge in [-0.25, -0.2) is 4.39 Å². The van der Waals surface area contributed by atoms with Crippen molar-refractivity contribution in [2.75, 3.05) is 13.6 Å². The van der Waals surface area contributed by atoms with Crippen LogP contribution in [0.3, 0.4) is 0 Å². The van der Waals surface area contributed by atoms with Gasteiger partial charge in [0, 0.05) is 18.3 Å². The molecule has 1 aromatic heterocycles. The number of nitrogens with one attached hydrogen (secondary N) is 1. The van der Waals surface area contributed by atoms with Gasteiger partial charge in [-0.15, -0.1) is 0 Å². The number of hydrogen-bond donors (Lipinski definition) is 1. The van der Waals surface area contributed by atoms with Crippen molar-refractivity contribution in [3.63, 3.8) is 0 Å². The van der Waals surface area contributed by atoms with E-state index < -0.39 is 0 Å². The fourth-order valence-electron chi connectivity index (χ4n) is 1.77. The van der Waals surface area contributed by atoms with Gasteiger partial charge < -0.3 is 5.32 Å². The van der Waals surface area contributed by atoms with Gasteiger partial charge in [-0.3, -0.25) is 4.68 Å². The van der Waals surface area contributed by atoms with E-state index >= 15 is 0 Å². The molecule has 0 radical (unpaired) electrons. The fourth-order valence-corrected chi connectivity index (χ4v) is 1.77. The average molecular weight is 233 g/mol. The third-order valence-electron chi connectivity index (χ3n) is 2.69. The molecule has 1 heterocycles. The molecule has 2 aromatic rings. The van der Waals surface area contributed by atoms with Gasteiger partial charge in [0.1, 0.15) is 5.82 Å². The van der Waals surface area contributed by atoms with Gasteiger partial charge in [-0.05, 0) is 31.7 Å². The molecule has 0 unspecified atom stereocenters. The van der Waals surface area contributed by atoms with E-state index in [9.17, 15) is 4.39 Å². The maximum Gasteiger partial charge on any atom is 0.123 e. The first kappa shape index (κ1) is 11.8. The zero-order chi connectivity index (χ0) is 12.3. The highest BCUT2D eigenvalue weighted by Crippen LogP contribution is 2.22. The Morgan fingerprint density at radius 2 is 2.00 bits per heavy atom. The van der Waals surface area contributed by atoms with Crippen LogP contribution in [0.1, 0.15) is 5.69 Å². The molecule has 1 N–H and O–H groups in total. The lowest BCUT2D eigenvalue weighted by molar-refractivity contribution is 0.581. The molecule has 90 valence electrons. The van der Waals surface area contributed by atoms with Crippen LogP contribution >= 0.6 is 0 Å². The molecule has 0 saturated carbocycles. The molecule has 2 rings (SSSR count). The third kappa shape index (κ3) is 2.71.